The van der Waals surface area contributed by atoms with Crippen molar-refractivity contribution < 1.29 is 9.84 Å². The minimum Gasteiger partial charge on any atom is -0.382 e. The normalized spacial score (nSPS) is 30.6. The van der Waals surface area contributed by atoms with Gasteiger partial charge in [-0.3, -0.25) is 0 Å². The van der Waals surface area contributed by atoms with Gasteiger partial charge in [-0.1, -0.05) is 55.3 Å². The Labute approximate surface area is 162 Å². The molecule has 0 aromatic heterocycles. The molecule has 2 atom stereocenters. The van der Waals surface area contributed by atoms with Crippen molar-refractivity contribution in [1.82, 2.24) is 4.90 Å². The van der Waals surface area contributed by atoms with Crippen LogP contribution in [0.15, 0.2) is 42.5 Å². The first-order chi connectivity index (χ1) is 13.2. The van der Waals surface area contributed by atoms with E-state index in [0.717, 1.165) is 24.9 Å². The number of hydrogen-bond donors (Lipinski definition) is 1. The van der Waals surface area contributed by atoms with Crippen LogP contribution >= 0.6 is 0 Å². The number of ether oxygens (including phenoxy) is 1. The molecule has 3 heterocycles. The smallest absolute Gasteiger partial charge is 0.116 e. The van der Waals surface area contributed by atoms with Gasteiger partial charge in [0.25, 0.3) is 0 Å². The summed E-state index contributed by atoms with van der Waals surface area (Å²) in [5.41, 5.74) is 0.178. The zero-order valence-electron chi connectivity index (χ0n) is 16.1. The Kier molecular flexibility index (Phi) is 4.71. The molecule has 4 aliphatic rings. The molecule has 0 radical (unpaired) electrons. The maximum absolute atomic E-state index is 12.0. The lowest BCUT2D eigenvalue weighted by molar-refractivity contribution is -0.143. The SMILES string of the molecule is O[C@@](CO[C@H]1CN2CCC1CC2)(c1cccc2ccccc12)C1CCCC1. The van der Waals surface area contributed by atoms with Gasteiger partial charge in [0.15, 0.2) is 0 Å². The summed E-state index contributed by atoms with van der Waals surface area (Å²) >= 11 is 0. The van der Waals surface area contributed by atoms with E-state index in [4.69, 9.17) is 4.74 Å². The zero-order valence-corrected chi connectivity index (χ0v) is 16.1. The van der Waals surface area contributed by atoms with Crippen LogP contribution in [0.2, 0.25) is 0 Å². The number of aliphatic hydroxyl groups is 1. The summed E-state index contributed by atoms with van der Waals surface area (Å²) in [5.74, 6) is 0.972. The predicted octanol–water partition coefficient (Wildman–Crippen LogP) is 4.33. The average molecular weight is 366 g/mol. The van der Waals surface area contributed by atoms with Crippen LogP contribution in [-0.4, -0.2) is 42.4 Å². The molecule has 144 valence electrons. The van der Waals surface area contributed by atoms with E-state index < -0.39 is 5.60 Å². The van der Waals surface area contributed by atoms with Crippen LogP contribution in [0.1, 0.15) is 44.1 Å². The van der Waals surface area contributed by atoms with Crippen LogP contribution in [-0.2, 0) is 10.3 Å². The van der Waals surface area contributed by atoms with E-state index in [1.54, 1.807) is 0 Å². The number of fused-ring (bicyclic) bond motifs is 4. The topological polar surface area (TPSA) is 32.7 Å². The van der Waals surface area contributed by atoms with Crippen molar-refractivity contribution in [1.29, 1.82) is 0 Å². The van der Waals surface area contributed by atoms with Crippen molar-refractivity contribution in [2.24, 2.45) is 11.8 Å². The molecular formula is C24H31NO2. The van der Waals surface area contributed by atoms with Crippen LogP contribution in [0, 0.1) is 11.8 Å². The van der Waals surface area contributed by atoms with Crippen molar-refractivity contribution in [3.63, 3.8) is 0 Å². The van der Waals surface area contributed by atoms with Gasteiger partial charge in [0.05, 0.1) is 12.7 Å². The fourth-order valence-corrected chi connectivity index (χ4v) is 5.76. The van der Waals surface area contributed by atoms with E-state index in [1.165, 1.54) is 49.5 Å². The van der Waals surface area contributed by atoms with Crippen LogP contribution in [0.3, 0.4) is 0 Å². The van der Waals surface area contributed by atoms with Gasteiger partial charge in [0.2, 0.25) is 0 Å². The number of benzene rings is 2. The van der Waals surface area contributed by atoms with Crippen LogP contribution in [0.25, 0.3) is 10.8 Å². The third-order valence-corrected chi connectivity index (χ3v) is 7.40. The Balaban J connectivity index is 1.46. The van der Waals surface area contributed by atoms with Gasteiger partial charge in [-0.2, -0.15) is 0 Å². The maximum atomic E-state index is 12.0. The number of piperidine rings is 3. The number of nitrogens with zero attached hydrogens (tertiary/aromatic N) is 1. The molecule has 0 unspecified atom stereocenters. The third-order valence-electron chi connectivity index (χ3n) is 7.40. The minimum absolute atomic E-state index is 0.287. The Morgan fingerprint density at radius 3 is 2.44 bits per heavy atom. The fraction of sp³-hybridized carbons (Fsp3) is 0.583. The molecule has 1 N–H and O–H groups in total. The van der Waals surface area contributed by atoms with E-state index in [0.29, 0.717) is 18.4 Å². The lowest BCUT2D eigenvalue weighted by Crippen LogP contribution is -2.53. The Bertz CT molecular complexity index is 787. The summed E-state index contributed by atoms with van der Waals surface area (Å²) in [6.07, 6.45) is 7.43. The molecule has 1 saturated carbocycles. The van der Waals surface area contributed by atoms with E-state index in [-0.39, 0.29) is 6.10 Å². The second-order valence-electron chi connectivity index (χ2n) is 8.92. The van der Waals surface area contributed by atoms with Crippen molar-refractivity contribution in [2.75, 3.05) is 26.2 Å². The van der Waals surface area contributed by atoms with Gasteiger partial charge in [-0.05, 0) is 66.9 Å². The first-order valence-corrected chi connectivity index (χ1v) is 10.8. The van der Waals surface area contributed by atoms with Crippen LogP contribution in [0.5, 0.6) is 0 Å². The number of hydrogen-bond acceptors (Lipinski definition) is 3. The highest BCUT2D eigenvalue weighted by Gasteiger charge is 2.43. The molecule has 3 heteroatoms. The lowest BCUT2D eigenvalue weighted by atomic mass is 9.78. The Hall–Kier alpha value is -1.42. The molecule has 1 aliphatic carbocycles. The van der Waals surface area contributed by atoms with Gasteiger partial charge >= 0.3 is 0 Å². The van der Waals surface area contributed by atoms with Gasteiger partial charge in [-0.15, -0.1) is 0 Å². The highest BCUT2D eigenvalue weighted by molar-refractivity contribution is 5.86. The molecule has 2 aromatic carbocycles. The third kappa shape index (κ3) is 3.20. The van der Waals surface area contributed by atoms with E-state index in [2.05, 4.69) is 47.4 Å². The van der Waals surface area contributed by atoms with Crippen molar-refractivity contribution in [3.8, 4) is 0 Å². The molecule has 3 nitrogen and oxygen atoms in total. The second kappa shape index (κ2) is 7.20. The molecule has 4 fully saturated rings. The molecule has 3 aliphatic heterocycles. The summed E-state index contributed by atoms with van der Waals surface area (Å²) in [6.45, 7) is 3.92. The summed E-state index contributed by atoms with van der Waals surface area (Å²) < 4.78 is 6.51. The fourth-order valence-electron chi connectivity index (χ4n) is 5.76. The maximum Gasteiger partial charge on any atom is 0.116 e. The monoisotopic (exact) mass is 365 g/mol. The van der Waals surface area contributed by atoms with Crippen molar-refractivity contribution in [3.05, 3.63) is 48.0 Å². The summed E-state index contributed by atoms with van der Waals surface area (Å²) in [6, 6.07) is 14.8. The standard InChI is InChI=1S/C24H31NO2/c26-24(20-8-2-3-9-20,17-27-23-16-25-14-12-19(23)13-15-25)22-11-5-7-18-6-1-4-10-21(18)22/h1,4-7,10-11,19-20,23,26H,2-3,8-9,12-17H2/t23-,24+/m0/s1. The molecule has 2 aromatic rings. The molecule has 0 amide bonds. The van der Waals surface area contributed by atoms with Gasteiger partial charge in [-0.25, -0.2) is 0 Å². The van der Waals surface area contributed by atoms with E-state index in [1.807, 2.05) is 0 Å². The van der Waals surface area contributed by atoms with Crippen molar-refractivity contribution in [2.45, 2.75) is 50.2 Å². The lowest BCUT2D eigenvalue weighted by Gasteiger charge is -2.46. The number of rotatable bonds is 5. The molecule has 2 bridgehead atoms. The first-order valence-electron chi connectivity index (χ1n) is 10.8. The van der Waals surface area contributed by atoms with Gasteiger partial charge in [0, 0.05) is 6.54 Å². The first kappa shape index (κ1) is 17.7. The average Bonchev–Trinajstić information content (AvgIpc) is 3.28. The molecule has 0 spiro atoms. The summed E-state index contributed by atoms with van der Waals surface area (Å²) in [7, 11) is 0. The predicted molar refractivity (Wildman–Crippen MR) is 109 cm³/mol. The summed E-state index contributed by atoms with van der Waals surface area (Å²) in [5, 5.41) is 14.4. The van der Waals surface area contributed by atoms with Gasteiger partial charge < -0.3 is 14.7 Å². The Morgan fingerprint density at radius 2 is 1.70 bits per heavy atom. The highest BCUT2D eigenvalue weighted by atomic mass is 16.5. The zero-order chi connectivity index (χ0) is 18.3. The molecule has 6 rings (SSSR count). The molecule has 27 heavy (non-hydrogen) atoms. The van der Waals surface area contributed by atoms with Crippen molar-refractivity contribution >= 4 is 10.8 Å². The minimum atomic E-state index is -0.886. The van der Waals surface area contributed by atoms with Crippen LogP contribution < -0.4 is 0 Å². The second-order valence-corrected chi connectivity index (χ2v) is 8.92. The van der Waals surface area contributed by atoms with Gasteiger partial charge in [0.1, 0.15) is 5.60 Å². The molecule has 3 saturated heterocycles. The quantitative estimate of drug-likeness (QED) is 0.856. The molecular weight excluding hydrogens is 334 g/mol. The largest absolute Gasteiger partial charge is 0.382 e. The highest BCUT2D eigenvalue weighted by Crippen LogP contribution is 2.44. The Morgan fingerprint density at radius 1 is 0.963 bits per heavy atom. The van der Waals surface area contributed by atoms with Crippen LogP contribution in [0.4, 0.5) is 0 Å². The van der Waals surface area contributed by atoms with E-state index >= 15 is 0 Å². The summed E-state index contributed by atoms with van der Waals surface area (Å²) in [4.78, 5) is 2.53. The van der Waals surface area contributed by atoms with E-state index in [9.17, 15) is 5.11 Å².